The highest BCUT2D eigenvalue weighted by atomic mass is 16.1. The second kappa shape index (κ2) is 4.79. The molecule has 0 heterocycles. The molecule has 2 heteroatoms. The highest BCUT2D eigenvalue weighted by Crippen LogP contribution is 2.49. The smallest absolute Gasteiger partial charge is 0.140 e. The van der Waals surface area contributed by atoms with Crippen molar-refractivity contribution in [1.82, 2.24) is 0 Å². The average molecular weight is 217 g/mol. The lowest BCUT2D eigenvalue weighted by molar-refractivity contribution is -0.124. The Labute approximate surface area is 96.8 Å². The standard InChI is InChI=1S/C14H19NO/c1-2-10(9-15)14(16)13-8-12(13)11-6-4-3-5-7-11/h3-7,10,12-13H,2,8-9,15H2,1H3. The van der Waals surface area contributed by atoms with Crippen molar-refractivity contribution in [2.24, 2.45) is 17.6 Å². The monoisotopic (exact) mass is 217 g/mol. The van der Waals surface area contributed by atoms with Crippen LogP contribution >= 0.6 is 0 Å². The molecular formula is C14H19NO. The molecule has 1 aliphatic carbocycles. The quantitative estimate of drug-likeness (QED) is 0.822. The van der Waals surface area contributed by atoms with Crippen molar-refractivity contribution in [2.45, 2.75) is 25.7 Å². The fourth-order valence-corrected chi connectivity index (χ4v) is 2.36. The van der Waals surface area contributed by atoms with E-state index < -0.39 is 0 Å². The summed E-state index contributed by atoms with van der Waals surface area (Å²) in [5.41, 5.74) is 6.91. The van der Waals surface area contributed by atoms with Gasteiger partial charge in [-0.1, -0.05) is 37.3 Å². The summed E-state index contributed by atoms with van der Waals surface area (Å²) in [6, 6.07) is 10.3. The van der Waals surface area contributed by atoms with Crippen LogP contribution in [0.25, 0.3) is 0 Å². The van der Waals surface area contributed by atoms with E-state index in [0.29, 0.717) is 18.2 Å². The molecule has 0 bridgehead atoms. The molecule has 16 heavy (non-hydrogen) atoms. The SMILES string of the molecule is CCC(CN)C(=O)C1CC1c1ccccc1. The third-order valence-electron chi connectivity index (χ3n) is 3.56. The minimum absolute atomic E-state index is 0.0683. The highest BCUT2D eigenvalue weighted by Gasteiger charge is 2.45. The Bertz CT molecular complexity index is 356. The van der Waals surface area contributed by atoms with Gasteiger partial charge in [-0.15, -0.1) is 0 Å². The molecule has 2 rings (SSSR count). The zero-order chi connectivity index (χ0) is 11.5. The van der Waals surface area contributed by atoms with Crippen LogP contribution in [0, 0.1) is 11.8 Å². The maximum Gasteiger partial charge on any atom is 0.140 e. The van der Waals surface area contributed by atoms with Crippen LogP contribution in [0.2, 0.25) is 0 Å². The first-order valence-corrected chi connectivity index (χ1v) is 6.06. The van der Waals surface area contributed by atoms with Gasteiger partial charge in [-0.25, -0.2) is 0 Å². The molecule has 0 radical (unpaired) electrons. The van der Waals surface area contributed by atoms with Crippen LogP contribution in [-0.2, 0) is 4.79 Å². The summed E-state index contributed by atoms with van der Waals surface area (Å²) < 4.78 is 0. The number of rotatable bonds is 5. The van der Waals surface area contributed by atoms with Gasteiger partial charge in [0.15, 0.2) is 0 Å². The molecule has 0 aliphatic heterocycles. The normalized spacial score (nSPS) is 25.1. The van der Waals surface area contributed by atoms with Crippen LogP contribution in [0.4, 0.5) is 0 Å². The zero-order valence-corrected chi connectivity index (χ0v) is 9.73. The summed E-state index contributed by atoms with van der Waals surface area (Å²) in [6.45, 7) is 2.53. The Hall–Kier alpha value is -1.15. The van der Waals surface area contributed by atoms with Crippen LogP contribution < -0.4 is 5.73 Å². The molecule has 1 aromatic rings. The van der Waals surface area contributed by atoms with Crippen LogP contribution in [-0.4, -0.2) is 12.3 Å². The summed E-state index contributed by atoms with van der Waals surface area (Å²) in [5, 5.41) is 0. The van der Waals surface area contributed by atoms with Crippen molar-refractivity contribution in [2.75, 3.05) is 6.54 Å². The number of ketones is 1. The average Bonchev–Trinajstić information content (AvgIpc) is 3.11. The van der Waals surface area contributed by atoms with E-state index in [1.807, 2.05) is 25.1 Å². The molecule has 0 spiro atoms. The molecular weight excluding hydrogens is 198 g/mol. The largest absolute Gasteiger partial charge is 0.330 e. The van der Waals surface area contributed by atoms with Crippen LogP contribution in [0.1, 0.15) is 31.2 Å². The van der Waals surface area contributed by atoms with E-state index in [1.54, 1.807) is 0 Å². The van der Waals surface area contributed by atoms with Gasteiger partial charge in [-0.3, -0.25) is 4.79 Å². The van der Waals surface area contributed by atoms with E-state index in [2.05, 4.69) is 12.1 Å². The van der Waals surface area contributed by atoms with E-state index in [9.17, 15) is 4.79 Å². The van der Waals surface area contributed by atoms with Gasteiger partial charge in [0, 0.05) is 18.4 Å². The van der Waals surface area contributed by atoms with Crippen molar-refractivity contribution in [3.05, 3.63) is 35.9 Å². The van der Waals surface area contributed by atoms with Crippen LogP contribution in [0.3, 0.4) is 0 Å². The fraction of sp³-hybridized carbons (Fsp3) is 0.500. The Kier molecular flexibility index (Phi) is 3.39. The van der Waals surface area contributed by atoms with E-state index in [1.165, 1.54) is 5.56 Å². The van der Waals surface area contributed by atoms with Crippen LogP contribution in [0.15, 0.2) is 30.3 Å². The van der Waals surface area contributed by atoms with E-state index in [-0.39, 0.29) is 11.8 Å². The summed E-state index contributed by atoms with van der Waals surface area (Å²) in [6.07, 6.45) is 1.88. The van der Waals surface area contributed by atoms with Gasteiger partial charge in [-0.05, 0) is 24.3 Å². The molecule has 3 unspecified atom stereocenters. The lowest BCUT2D eigenvalue weighted by atomic mass is 9.96. The first-order valence-electron chi connectivity index (χ1n) is 6.06. The molecule has 2 N–H and O–H groups in total. The molecule has 0 amide bonds. The number of hydrogen-bond donors (Lipinski definition) is 1. The Morgan fingerprint density at radius 2 is 2.12 bits per heavy atom. The van der Waals surface area contributed by atoms with Crippen molar-refractivity contribution in [3.63, 3.8) is 0 Å². The van der Waals surface area contributed by atoms with Gasteiger partial charge in [-0.2, -0.15) is 0 Å². The number of hydrogen-bond acceptors (Lipinski definition) is 2. The molecule has 1 aliphatic rings. The van der Waals surface area contributed by atoms with Crippen molar-refractivity contribution in [1.29, 1.82) is 0 Å². The Morgan fingerprint density at radius 3 is 2.69 bits per heavy atom. The predicted molar refractivity (Wildman–Crippen MR) is 65.1 cm³/mol. The van der Waals surface area contributed by atoms with Crippen LogP contribution in [0.5, 0.6) is 0 Å². The third kappa shape index (κ3) is 2.17. The highest BCUT2D eigenvalue weighted by molar-refractivity contribution is 5.87. The lowest BCUT2D eigenvalue weighted by Gasteiger charge is -2.10. The van der Waals surface area contributed by atoms with Gasteiger partial charge in [0.2, 0.25) is 0 Å². The summed E-state index contributed by atoms with van der Waals surface area (Å²) >= 11 is 0. The first-order chi connectivity index (χ1) is 7.77. The van der Waals surface area contributed by atoms with Gasteiger partial charge in [0.05, 0.1) is 0 Å². The van der Waals surface area contributed by atoms with Crippen molar-refractivity contribution in [3.8, 4) is 0 Å². The molecule has 3 atom stereocenters. The van der Waals surface area contributed by atoms with Crippen molar-refractivity contribution < 1.29 is 4.79 Å². The lowest BCUT2D eigenvalue weighted by Crippen LogP contribution is -2.24. The van der Waals surface area contributed by atoms with E-state index >= 15 is 0 Å². The maximum absolute atomic E-state index is 12.1. The van der Waals surface area contributed by atoms with Gasteiger partial charge in [0.1, 0.15) is 5.78 Å². The summed E-state index contributed by atoms with van der Waals surface area (Å²) in [7, 11) is 0. The molecule has 1 fully saturated rings. The second-order valence-corrected chi connectivity index (χ2v) is 4.60. The summed E-state index contributed by atoms with van der Waals surface area (Å²) in [4.78, 5) is 12.1. The molecule has 1 saturated carbocycles. The number of benzene rings is 1. The van der Waals surface area contributed by atoms with E-state index in [4.69, 9.17) is 5.73 Å². The second-order valence-electron chi connectivity index (χ2n) is 4.60. The predicted octanol–water partition coefficient (Wildman–Crippen LogP) is 2.34. The molecule has 0 saturated heterocycles. The molecule has 1 aromatic carbocycles. The van der Waals surface area contributed by atoms with E-state index in [0.717, 1.165) is 12.8 Å². The first kappa shape index (κ1) is 11.3. The zero-order valence-electron chi connectivity index (χ0n) is 9.73. The molecule has 2 nitrogen and oxygen atoms in total. The minimum atomic E-state index is 0.0683. The van der Waals surface area contributed by atoms with Gasteiger partial charge >= 0.3 is 0 Å². The number of Topliss-reactive ketones (excluding diaryl/α,β-unsaturated/α-hetero) is 1. The summed E-state index contributed by atoms with van der Waals surface area (Å²) in [5.74, 6) is 1.13. The number of carbonyl (C=O) groups excluding carboxylic acids is 1. The minimum Gasteiger partial charge on any atom is -0.330 e. The van der Waals surface area contributed by atoms with Gasteiger partial charge < -0.3 is 5.73 Å². The molecule has 0 aromatic heterocycles. The third-order valence-corrected chi connectivity index (χ3v) is 3.56. The van der Waals surface area contributed by atoms with Gasteiger partial charge in [0.25, 0.3) is 0 Å². The number of carbonyl (C=O) groups is 1. The fourth-order valence-electron chi connectivity index (χ4n) is 2.36. The Morgan fingerprint density at radius 1 is 1.44 bits per heavy atom. The van der Waals surface area contributed by atoms with Crippen molar-refractivity contribution >= 4 is 5.78 Å². The maximum atomic E-state index is 12.1. The Balaban J connectivity index is 1.99. The number of nitrogens with two attached hydrogens (primary N) is 1. The topological polar surface area (TPSA) is 43.1 Å². The molecule has 86 valence electrons.